The highest BCUT2D eigenvalue weighted by Crippen LogP contribution is 2.31. The van der Waals surface area contributed by atoms with Crippen molar-refractivity contribution >= 4 is 39.7 Å². The van der Waals surface area contributed by atoms with Crippen molar-refractivity contribution in [3.05, 3.63) is 75.3 Å². The van der Waals surface area contributed by atoms with Gasteiger partial charge in [0.15, 0.2) is 9.60 Å². The first-order chi connectivity index (χ1) is 13.4. The Hall–Kier alpha value is -2.78. The van der Waals surface area contributed by atoms with Gasteiger partial charge in [0.05, 0.1) is 0 Å². The summed E-state index contributed by atoms with van der Waals surface area (Å²) in [5, 5.41) is 3.08. The van der Waals surface area contributed by atoms with Crippen molar-refractivity contribution in [2.24, 2.45) is 0 Å². The van der Waals surface area contributed by atoms with Gasteiger partial charge in [-0.1, -0.05) is 17.4 Å². The SMILES string of the molecule is Cc1nc(NCc2ccc(F)cc2F)c2sc(=S)n(-c3ccc(F)cc3)c2n1. The van der Waals surface area contributed by atoms with Gasteiger partial charge in [0.1, 0.15) is 33.8 Å². The molecule has 0 radical (unpaired) electrons. The van der Waals surface area contributed by atoms with E-state index in [0.717, 1.165) is 6.07 Å². The molecule has 2 heterocycles. The molecule has 2 aromatic carbocycles. The lowest BCUT2D eigenvalue weighted by molar-refractivity contribution is 0.574. The van der Waals surface area contributed by atoms with Crippen molar-refractivity contribution in [3.8, 4) is 5.69 Å². The summed E-state index contributed by atoms with van der Waals surface area (Å²) in [4.78, 5) is 8.88. The highest BCUT2D eigenvalue weighted by molar-refractivity contribution is 7.73. The molecule has 0 unspecified atom stereocenters. The van der Waals surface area contributed by atoms with Crippen molar-refractivity contribution in [1.29, 1.82) is 0 Å². The van der Waals surface area contributed by atoms with E-state index in [1.165, 1.54) is 35.6 Å². The molecule has 0 aliphatic carbocycles. The van der Waals surface area contributed by atoms with E-state index < -0.39 is 11.6 Å². The van der Waals surface area contributed by atoms with Gasteiger partial charge in [-0.05, 0) is 49.5 Å². The number of fused-ring (bicyclic) bond motifs is 1. The summed E-state index contributed by atoms with van der Waals surface area (Å²) in [5.41, 5.74) is 1.58. The molecule has 4 rings (SSSR count). The lowest BCUT2D eigenvalue weighted by atomic mass is 10.2. The highest BCUT2D eigenvalue weighted by atomic mass is 32.1. The smallest absolute Gasteiger partial charge is 0.168 e. The summed E-state index contributed by atoms with van der Waals surface area (Å²) < 4.78 is 43.2. The molecule has 0 saturated carbocycles. The summed E-state index contributed by atoms with van der Waals surface area (Å²) in [6.07, 6.45) is 0. The summed E-state index contributed by atoms with van der Waals surface area (Å²) in [5.74, 6) is -0.604. The van der Waals surface area contributed by atoms with Crippen LogP contribution in [-0.2, 0) is 6.54 Å². The quantitative estimate of drug-likeness (QED) is 0.441. The Morgan fingerprint density at radius 2 is 1.75 bits per heavy atom. The molecule has 0 bridgehead atoms. The minimum absolute atomic E-state index is 0.124. The standard InChI is InChI=1S/C19H13F3N4S2/c1-10-24-17(23-9-11-2-3-13(21)8-15(11)22)16-18(25-10)26(19(27)28-16)14-6-4-12(20)5-7-14/h2-8H,9H2,1H3,(H,23,24,25). The number of aromatic nitrogens is 3. The first-order valence-electron chi connectivity index (χ1n) is 8.26. The van der Waals surface area contributed by atoms with E-state index >= 15 is 0 Å². The molecule has 1 N–H and O–H groups in total. The lowest BCUT2D eigenvalue weighted by Crippen LogP contribution is -2.06. The number of rotatable bonds is 4. The monoisotopic (exact) mass is 418 g/mol. The van der Waals surface area contributed by atoms with Gasteiger partial charge in [-0.3, -0.25) is 4.57 Å². The minimum Gasteiger partial charge on any atom is -0.365 e. The van der Waals surface area contributed by atoms with Crippen molar-refractivity contribution in [2.45, 2.75) is 13.5 Å². The Morgan fingerprint density at radius 1 is 1.04 bits per heavy atom. The van der Waals surface area contributed by atoms with Crippen LogP contribution >= 0.6 is 23.6 Å². The molecular formula is C19H13F3N4S2. The van der Waals surface area contributed by atoms with Crippen LogP contribution in [0.1, 0.15) is 11.4 Å². The number of hydrogen-bond acceptors (Lipinski definition) is 5. The predicted molar refractivity (Wildman–Crippen MR) is 106 cm³/mol. The molecule has 9 heteroatoms. The summed E-state index contributed by atoms with van der Waals surface area (Å²) in [6.45, 7) is 1.86. The average Bonchev–Trinajstić information content (AvgIpc) is 2.97. The average molecular weight is 418 g/mol. The van der Waals surface area contributed by atoms with Crippen molar-refractivity contribution in [3.63, 3.8) is 0 Å². The van der Waals surface area contributed by atoms with E-state index in [-0.39, 0.29) is 12.4 Å². The molecule has 0 amide bonds. The molecule has 0 fully saturated rings. The van der Waals surface area contributed by atoms with E-state index in [9.17, 15) is 13.2 Å². The Bertz CT molecular complexity index is 1230. The molecule has 0 aliphatic rings. The van der Waals surface area contributed by atoms with E-state index in [2.05, 4.69) is 15.3 Å². The maximum Gasteiger partial charge on any atom is 0.168 e. The Balaban J connectivity index is 1.76. The van der Waals surface area contributed by atoms with E-state index in [1.54, 1.807) is 23.6 Å². The molecule has 4 nitrogen and oxygen atoms in total. The fourth-order valence-corrected chi connectivity index (χ4v) is 4.14. The number of nitrogens with one attached hydrogen (secondary N) is 1. The van der Waals surface area contributed by atoms with Crippen molar-refractivity contribution in [1.82, 2.24) is 14.5 Å². The first kappa shape index (κ1) is 18.6. The molecule has 0 atom stereocenters. The Morgan fingerprint density at radius 3 is 2.46 bits per heavy atom. The van der Waals surface area contributed by atoms with Crippen LogP contribution in [0.5, 0.6) is 0 Å². The zero-order chi connectivity index (χ0) is 19.8. The summed E-state index contributed by atoms with van der Waals surface area (Å²) in [7, 11) is 0. The second-order valence-electron chi connectivity index (χ2n) is 6.04. The fourth-order valence-electron chi connectivity index (χ4n) is 2.79. The molecule has 2 aromatic heterocycles. The molecule has 0 saturated heterocycles. The van der Waals surface area contributed by atoms with Gasteiger partial charge in [-0.25, -0.2) is 23.1 Å². The number of benzene rings is 2. The van der Waals surface area contributed by atoms with Crippen molar-refractivity contribution in [2.75, 3.05) is 5.32 Å². The second-order valence-corrected chi connectivity index (χ2v) is 7.69. The number of nitrogens with zero attached hydrogens (tertiary/aromatic N) is 3. The van der Waals surface area contributed by atoms with E-state index in [4.69, 9.17) is 12.2 Å². The number of anilines is 1. The summed E-state index contributed by atoms with van der Waals surface area (Å²) in [6, 6.07) is 9.37. The number of aryl methyl sites for hydroxylation is 1. The van der Waals surface area contributed by atoms with Gasteiger partial charge in [0.2, 0.25) is 0 Å². The molecule has 4 aromatic rings. The summed E-state index contributed by atoms with van der Waals surface area (Å²) >= 11 is 6.77. The third kappa shape index (κ3) is 3.50. The highest BCUT2D eigenvalue weighted by Gasteiger charge is 2.15. The molecule has 0 spiro atoms. The van der Waals surface area contributed by atoms with Crippen LogP contribution in [0.15, 0.2) is 42.5 Å². The van der Waals surface area contributed by atoms with Gasteiger partial charge in [-0.2, -0.15) is 0 Å². The third-order valence-corrected chi connectivity index (χ3v) is 5.46. The lowest BCUT2D eigenvalue weighted by Gasteiger charge is -2.09. The number of thiazole rings is 1. The normalized spacial score (nSPS) is 11.1. The van der Waals surface area contributed by atoms with Crippen LogP contribution in [0.4, 0.5) is 19.0 Å². The fraction of sp³-hybridized carbons (Fsp3) is 0.105. The molecular weight excluding hydrogens is 405 g/mol. The van der Waals surface area contributed by atoms with Crippen LogP contribution in [0.3, 0.4) is 0 Å². The zero-order valence-electron chi connectivity index (χ0n) is 14.5. The Kier molecular flexibility index (Phi) is 4.86. The van der Waals surface area contributed by atoms with Crippen LogP contribution in [0.25, 0.3) is 16.0 Å². The van der Waals surface area contributed by atoms with Gasteiger partial charge < -0.3 is 5.32 Å². The number of halogens is 3. The molecule has 28 heavy (non-hydrogen) atoms. The second kappa shape index (κ2) is 7.33. The molecule has 142 valence electrons. The molecule has 0 aliphatic heterocycles. The topological polar surface area (TPSA) is 42.7 Å². The van der Waals surface area contributed by atoms with Crippen molar-refractivity contribution < 1.29 is 13.2 Å². The minimum atomic E-state index is -0.633. The first-order valence-corrected chi connectivity index (χ1v) is 9.49. The third-order valence-electron chi connectivity index (χ3n) is 4.09. The van der Waals surface area contributed by atoms with Crippen LogP contribution in [0.2, 0.25) is 0 Å². The van der Waals surface area contributed by atoms with E-state index in [0.29, 0.717) is 37.2 Å². The van der Waals surface area contributed by atoms with Crippen LogP contribution in [-0.4, -0.2) is 14.5 Å². The van der Waals surface area contributed by atoms with Crippen LogP contribution < -0.4 is 5.32 Å². The number of hydrogen-bond donors (Lipinski definition) is 1. The van der Waals surface area contributed by atoms with Crippen LogP contribution in [0, 0.1) is 28.3 Å². The van der Waals surface area contributed by atoms with Gasteiger partial charge >= 0.3 is 0 Å². The van der Waals surface area contributed by atoms with E-state index in [1.807, 2.05) is 0 Å². The maximum atomic E-state index is 13.9. The Labute approximate surface area is 167 Å². The maximum absolute atomic E-state index is 13.9. The largest absolute Gasteiger partial charge is 0.365 e. The van der Waals surface area contributed by atoms with Gasteiger partial charge in [-0.15, -0.1) is 0 Å². The van der Waals surface area contributed by atoms with Gasteiger partial charge in [0.25, 0.3) is 0 Å². The predicted octanol–water partition coefficient (Wildman–Crippen LogP) is 5.55. The van der Waals surface area contributed by atoms with Gasteiger partial charge in [0, 0.05) is 23.9 Å². The zero-order valence-corrected chi connectivity index (χ0v) is 16.2.